The Morgan fingerprint density at radius 3 is 2.50 bits per heavy atom. The minimum absolute atomic E-state index is 0.0427. The highest BCUT2D eigenvalue weighted by molar-refractivity contribution is 7.91. The molecule has 0 spiro atoms. The Morgan fingerprint density at radius 2 is 1.77 bits per heavy atom. The molecule has 3 aromatic rings. The van der Waals surface area contributed by atoms with E-state index in [4.69, 9.17) is 0 Å². The minimum atomic E-state index is -3.48. The van der Waals surface area contributed by atoms with Crippen molar-refractivity contribution in [1.82, 2.24) is 4.98 Å². The average molecular weight is 386 g/mol. The molecule has 0 saturated carbocycles. The van der Waals surface area contributed by atoms with Crippen LogP contribution in [0.5, 0.6) is 0 Å². The number of aromatic nitrogens is 1. The fourth-order valence-electron chi connectivity index (χ4n) is 2.49. The fraction of sp³-hybridized carbons (Fsp3) is 0.158. The number of nitrogens with zero attached hydrogens (tertiary/aromatic N) is 1. The van der Waals surface area contributed by atoms with Gasteiger partial charge in [-0.15, -0.1) is 11.3 Å². The van der Waals surface area contributed by atoms with E-state index in [1.807, 2.05) is 30.3 Å². The summed E-state index contributed by atoms with van der Waals surface area (Å²) in [5, 5.41) is 3.15. The largest absolute Gasteiger partial charge is 0.298 e. The maximum atomic E-state index is 12.6. The number of amides is 1. The smallest absolute Gasteiger partial charge is 0.258 e. The molecule has 0 unspecified atom stereocenters. The van der Waals surface area contributed by atoms with Crippen molar-refractivity contribution in [3.8, 4) is 0 Å². The zero-order valence-electron chi connectivity index (χ0n) is 14.2. The van der Waals surface area contributed by atoms with E-state index >= 15 is 0 Å². The van der Waals surface area contributed by atoms with Crippen LogP contribution in [-0.4, -0.2) is 25.1 Å². The minimum Gasteiger partial charge on any atom is -0.298 e. The molecule has 0 aliphatic carbocycles. The molecule has 0 bridgehead atoms. The molecule has 0 aliphatic rings. The summed E-state index contributed by atoms with van der Waals surface area (Å²) in [5.74, 6) is -0.534. The first-order valence-electron chi connectivity index (χ1n) is 8.11. The van der Waals surface area contributed by atoms with Gasteiger partial charge in [-0.05, 0) is 17.7 Å². The first-order valence-corrected chi connectivity index (χ1v) is 10.6. The van der Waals surface area contributed by atoms with E-state index in [0.717, 1.165) is 16.9 Å². The summed E-state index contributed by atoms with van der Waals surface area (Å²) in [7, 11) is -3.48. The highest BCUT2D eigenvalue weighted by Crippen LogP contribution is 2.23. The SMILES string of the molecule is CCS(=O)(=O)c1ccccc1C(=O)Nc1ncc(Cc2ccccc2)s1. The number of rotatable bonds is 6. The lowest BCUT2D eigenvalue weighted by Crippen LogP contribution is -2.17. The summed E-state index contributed by atoms with van der Waals surface area (Å²) in [6.45, 7) is 1.56. The van der Waals surface area contributed by atoms with E-state index in [0.29, 0.717) is 5.13 Å². The summed E-state index contributed by atoms with van der Waals surface area (Å²) in [6, 6.07) is 16.2. The van der Waals surface area contributed by atoms with Crippen LogP contribution in [0.3, 0.4) is 0 Å². The molecule has 1 aromatic heterocycles. The molecule has 0 saturated heterocycles. The summed E-state index contributed by atoms with van der Waals surface area (Å²) in [5.41, 5.74) is 1.29. The number of carbonyl (C=O) groups excluding carboxylic acids is 1. The summed E-state index contributed by atoms with van der Waals surface area (Å²) in [4.78, 5) is 17.8. The van der Waals surface area contributed by atoms with Crippen LogP contribution in [0.4, 0.5) is 5.13 Å². The highest BCUT2D eigenvalue weighted by Gasteiger charge is 2.21. The lowest BCUT2D eigenvalue weighted by molar-refractivity contribution is 0.102. The van der Waals surface area contributed by atoms with Crippen LogP contribution in [0.25, 0.3) is 0 Å². The van der Waals surface area contributed by atoms with Crippen molar-refractivity contribution < 1.29 is 13.2 Å². The molecule has 26 heavy (non-hydrogen) atoms. The number of anilines is 1. The Kier molecular flexibility index (Phi) is 5.49. The third-order valence-corrected chi connectivity index (χ3v) is 6.54. The molecule has 2 aromatic carbocycles. The van der Waals surface area contributed by atoms with E-state index in [-0.39, 0.29) is 16.2 Å². The van der Waals surface area contributed by atoms with Crippen LogP contribution < -0.4 is 5.32 Å². The molecule has 5 nitrogen and oxygen atoms in total. The molecule has 0 fully saturated rings. The lowest BCUT2D eigenvalue weighted by Gasteiger charge is -2.08. The Balaban J connectivity index is 1.78. The van der Waals surface area contributed by atoms with Gasteiger partial charge >= 0.3 is 0 Å². The van der Waals surface area contributed by atoms with Gasteiger partial charge in [-0.2, -0.15) is 0 Å². The van der Waals surface area contributed by atoms with Gasteiger partial charge in [-0.1, -0.05) is 49.4 Å². The van der Waals surface area contributed by atoms with Crippen molar-refractivity contribution >= 4 is 32.2 Å². The second-order valence-electron chi connectivity index (χ2n) is 5.65. The molecule has 1 amide bonds. The summed E-state index contributed by atoms with van der Waals surface area (Å²) in [6.07, 6.45) is 2.46. The zero-order chi connectivity index (χ0) is 18.6. The quantitative estimate of drug-likeness (QED) is 0.699. The van der Waals surface area contributed by atoms with Crippen LogP contribution >= 0.6 is 11.3 Å². The Morgan fingerprint density at radius 1 is 1.08 bits per heavy atom. The normalized spacial score (nSPS) is 11.3. The second-order valence-corrected chi connectivity index (χ2v) is 9.01. The monoisotopic (exact) mass is 386 g/mol. The topological polar surface area (TPSA) is 76.1 Å². The first-order chi connectivity index (χ1) is 12.5. The van der Waals surface area contributed by atoms with Gasteiger partial charge < -0.3 is 0 Å². The maximum Gasteiger partial charge on any atom is 0.258 e. The number of sulfone groups is 1. The maximum absolute atomic E-state index is 12.6. The Hall–Kier alpha value is -2.51. The van der Waals surface area contributed by atoms with Crippen LogP contribution in [0.15, 0.2) is 65.7 Å². The predicted octanol–water partition coefficient (Wildman–Crippen LogP) is 3.78. The van der Waals surface area contributed by atoms with Crippen LogP contribution in [-0.2, 0) is 16.3 Å². The third-order valence-electron chi connectivity index (χ3n) is 3.84. The number of thiazole rings is 1. The second kappa shape index (κ2) is 7.80. The molecule has 1 N–H and O–H groups in total. The number of carbonyl (C=O) groups is 1. The number of hydrogen-bond acceptors (Lipinski definition) is 5. The fourth-order valence-corrected chi connectivity index (χ4v) is 4.42. The van der Waals surface area contributed by atoms with Crippen molar-refractivity contribution in [2.45, 2.75) is 18.2 Å². The molecule has 0 atom stereocenters. The molecule has 134 valence electrons. The molecule has 1 heterocycles. The molecule has 0 aliphatic heterocycles. The van der Waals surface area contributed by atoms with Gasteiger partial charge in [0, 0.05) is 17.5 Å². The van der Waals surface area contributed by atoms with Crippen LogP contribution in [0.2, 0.25) is 0 Å². The molecule has 3 rings (SSSR count). The van der Waals surface area contributed by atoms with Gasteiger partial charge in [-0.3, -0.25) is 10.1 Å². The average Bonchev–Trinajstić information content (AvgIpc) is 3.09. The molecule has 0 radical (unpaired) electrons. The van der Waals surface area contributed by atoms with Gasteiger partial charge in [0.2, 0.25) is 0 Å². The predicted molar refractivity (Wildman–Crippen MR) is 103 cm³/mol. The van der Waals surface area contributed by atoms with E-state index in [1.165, 1.54) is 23.5 Å². The van der Waals surface area contributed by atoms with Gasteiger partial charge in [-0.25, -0.2) is 13.4 Å². The van der Waals surface area contributed by atoms with E-state index < -0.39 is 15.7 Å². The Labute approximate surface area is 156 Å². The summed E-state index contributed by atoms with van der Waals surface area (Å²) >= 11 is 1.38. The standard InChI is InChI=1S/C19H18N2O3S2/c1-2-26(23,24)17-11-7-6-10-16(17)18(22)21-19-20-13-15(25-19)12-14-8-4-3-5-9-14/h3-11,13H,2,12H2,1H3,(H,20,21,22). The van der Waals surface area contributed by atoms with Crippen LogP contribution in [0.1, 0.15) is 27.7 Å². The molecule has 7 heteroatoms. The van der Waals surface area contributed by atoms with Crippen molar-refractivity contribution in [3.05, 3.63) is 76.8 Å². The Bertz CT molecular complexity index is 1010. The first kappa shape index (κ1) is 18.3. The molecular weight excluding hydrogens is 368 g/mol. The third kappa shape index (κ3) is 4.17. The number of nitrogens with one attached hydrogen (secondary N) is 1. The molecular formula is C19H18N2O3S2. The van der Waals surface area contributed by atoms with Crippen molar-refractivity contribution in [2.24, 2.45) is 0 Å². The van der Waals surface area contributed by atoms with E-state index in [2.05, 4.69) is 10.3 Å². The van der Waals surface area contributed by atoms with Crippen molar-refractivity contribution in [3.63, 3.8) is 0 Å². The van der Waals surface area contributed by atoms with E-state index in [9.17, 15) is 13.2 Å². The van der Waals surface area contributed by atoms with Gasteiger partial charge in [0.05, 0.1) is 16.2 Å². The van der Waals surface area contributed by atoms with Crippen LogP contribution in [0, 0.1) is 0 Å². The highest BCUT2D eigenvalue weighted by atomic mass is 32.2. The summed E-state index contributed by atoms with van der Waals surface area (Å²) < 4.78 is 24.4. The van der Waals surface area contributed by atoms with E-state index in [1.54, 1.807) is 25.3 Å². The zero-order valence-corrected chi connectivity index (χ0v) is 15.8. The van der Waals surface area contributed by atoms with Crippen molar-refractivity contribution in [1.29, 1.82) is 0 Å². The number of hydrogen-bond donors (Lipinski definition) is 1. The van der Waals surface area contributed by atoms with Gasteiger partial charge in [0.25, 0.3) is 5.91 Å². The van der Waals surface area contributed by atoms with Gasteiger partial charge in [0.15, 0.2) is 15.0 Å². The lowest BCUT2D eigenvalue weighted by atomic mass is 10.1. The van der Waals surface area contributed by atoms with Crippen molar-refractivity contribution in [2.75, 3.05) is 11.1 Å². The number of benzene rings is 2. The van der Waals surface area contributed by atoms with Gasteiger partial charge in [0.1, 0.15) is 0 Å².